The number of alkyl carbamates (subject to hydrolysis) is 1. The van der Waals surface area contributed by atoms with Crippen molar-refractivity contribution in [2.75, 3.05) is 13.2 Å². The van der Waals surface area contributed by atoms with Crippen LogP contribution in [0.5, 0.6) is 0 Å². The number of hydrogen-bond acceptors (Lipinski definition) is 4. The molecule has 1 rings (SSSR count). The van der Waals surface area contributed by atoms with E-state index in [0.29, 0.717) is 6.42 Å². The van der Waals surface area contributed by atoms with E-state index in [4.69, 9.17) is 9.84 Å². The molecule has 6 nitrogen and oxygen atoms in total. The second-order valence-corrected chi connectivity index (χ2v) is 3.14. The van der Waals surface area contributed by atoms with Crippen LogP contribution in [0.3, 0.4) is 0 Å². The smallest absolute Gasteiger partial charge is 0.407 e. The van der Waals surface area contributed by atoms with Crippen LogP contribution in [0.1, 0.15) is 13.3 Å². The molecule has 1 saturated heterocycles. The lowest BCUT2D eigenvalue weighted by Crippen LogP contribution is -2.40. The highest BCUT2D eigenvalue weighted by molar-refractivity contribution is 5.73. The van der Waals surface area contributed by atoms with E-state index < -0.39 is 12.2 Å². The van der Waals surface area contributed by atoms with Gasteiger partial charge < -0.3 is 20.5 Å². The maximum Gasteiger partial charge on any atom is 0.407 e. The van der Waals surface area contributed by atoms with Gasteiger partial charge in [-0.05, 0) is 6.42 Å². The van der Waals surface area contributed by atoms with Crippen molar-refractivity contribution in [1.29, 1.82) is 0 Å². The van der Waals surface area contributed by atoms with Gasteiger partial charge in [-0.25, -0.2) is 4.79 Å². The number of hydrogen-bond donors (Lipinski definition) is 3. The third-order valence-corrected chi connectivity index (χ3v) is 2.00. The lowest BCUT2D eigenvalue weighted by atomic mass is 10.1. The maximum absolute atomic E-state index is 10.9. The van der Waals surface area contributed by atoms with Crippen LogP contribution in [0.25, 0.3) is 0 Å². The molecular formula is C8H14N2O4. The monoisotopic (exact) mass is 202 g/mol. The van der Waals surface area contributed by atoms with Crippen molar-refractivity contribution in [1.82, 2.24) is 10.6 Å². The van der Waals surface area contributed by atoms with Crippen LogP contribution in [-0.2, 0) is 9.53 Å². The third-order valence-electron chi connectivity index (χ3n) is 2.00. The van der Waals surface area contributed by atoms with Crippen molar-refractivity contribution in [2.24, 2.45) is 0 Å². The lowest BCUT2D eigenvalue weighted by molar-refractivity contribution is -0.119. The summed E-state index contributed by atoms with van der Waals surface area (Å²) in [6, 6.07) is -0.223. The number of ether oxygens (including phenoxy) is 1. The van der Waals surface area contributed by atoms with Crippen molar-refractivity contribution in [3.8, 4) is 0 Å². The van der Waals surface area contributed by atoms with Crippen molar-refractivity contribution in [3.05, 3.63) is 0 Å². The Labute approximate surface area is 81.6 Å². The van der Waals surface area contributed by atoms with E-state index in [2.05, 4.69) is 10.6 Å². The van der Waals surface area contributed by atoms with Gasteiger partial charge in [0.15, 0.2) is 0 Å². The number of rotatable bonds is 4. The molecule has 80 valence electrons. The van der Waals surface area contributed by atoms with Gasteiger partial charge in [0.1, 0.15) is 6.10 Å². The number of aliphatic hydroxyl groups is 1. The summed E-state index contributed by atoms with van der Waals surface area (Å²) in [5.41, 5.74) is 0. The molecular weight excluding hydrogens is 188 g/mol. The second-order valence-electron chi connectivity index (χ2n) is 3.14. The summed E-state index contributed by atoms with van der Waals surface area (Å²) in [6.45, 7) is 1.65. The number of carbonyl (C=O) groups is 2. The van der Waals surface area contributed by atoms with E-state index in [1.807, 2.05) is 0 Å². The Hall–Kier alpha value is -1.30. The van der Waals surface area contributed by atoms with Gasteiger partial charge in [-0.2, -0.15) is 0 Å². The quantitative estimate of drug-likeness (QED) is 0.544. The van der Waals surface area contributed by atoms with Gasteiger partial charge in [-0.3, -0.25) is 4.79 Å². The van der Waals surface area contributed by atoms with Gasteiger partial charge in [0.05, 0.1) is 12.6 Å². The minimum Gasteiger partial charge on any atom is -0.442 e. The zero-order valence-corrected chi connectivity index (χ0v) is 7.95. The molecule has 0 aromatic rings. The Morgan fingerprint density at radius 2 is 2.43 bits per heavy atom. The van der Waals surface area contributed by atoms with Crippen LogP contribution >= 0.6 is 0 Å². The highest BCUT2D eigenvalue weighted by Gasteiger charge is 2.33. The molecule has 14 heavy (non-hydrogen) atoms. The van der Waals surface area contributed by atoms with Crippen molar-refractivity contribution in [3.63, 3.8) is 0 Å². The van der Waals surface area contributed by atoms with Gasteiger partial charge in [0.25, 0.3) is 0 Å². The maximum atomic E-state index is 10.9. The van der Waals surface area contributed by atoms with Crippen LogP contribution in [-0.4, -0.2) is 42.4 Å². The first-order valence-electron chi connectivity index (χ1n) is 4.46. The number of carbonyl (C=O) groups excluding carboxylic acids is 2. The first-order valence-corrected chi connectivity index (χ1v) is 4.46. The van der Waals surface area contributed by atoms with Crippen LogP contribution in [0.4, 0.5) is 4.79 Å². The second kappa shape index (κ2) is 4.80. The van der Waals surface area contributed by atoms with Crippen LogP contribution in [0.15, 0.2) is 0 Å². The fourth-order valence-corrected chi connectivity index (χ4v) is 1.32. The van der Waals surface area contributed by atoms with E-state index in [0.717, 1.165) is 0 Å². The summed E-state index contributed by atoms with van der Waals surface area (Å²) in [5.74, 6) is -0.171. The van der Waals surface area contributed by atoms with Crippen LogP contribution in [0, 0.1) is 0 Å². The molecule has 0 aliphatic carbocycles. The van der Waals surface area contributed by atoms with Crippen molar-refractivity contribution in [2.45, 2.75) is 25.5 Å². The molecule has 3 N–H and O–H groups in total. The highest BCUT2D eigenvalue weighted by atomic mass is 16.6. The van der Waals surface area contributed by atoms with Gasteiger partial charge in [-0.15, -0.1) is 0 Å². The van der Waals surface area contributed by atoms with E-state index >= 15 is 0 Å². The molecule has 0 aromatic heterocycles. The Morgan fingerprint density at radius 1 is 1.71 bits per heavy atom. The van der Waals surface area contributed by atoms with E-state index in [1.54, 1.807) is 0 Å². The lowest BCUT2D eigenvalue weighted by Gasteiger charge is -2.15. The van der Waals surface area contributed by atoms with E-state index in [-0.39, 0.29) is 25.1 Å². The molecule has 6 heteroatoms. The summed E-state index contributed by atoms with van der Waals surface area (Å²) < 4.78 is 4.90. The van der Waals surface area contributed by atoms with Gasteiger partial charge >= 0.3 is 6.09 Å². The summed E-state index contributed by atoms with van der Waals surface area (Å²) >= 11 is 0. The molecule has 1 heterocycles. The number of nitrogens with one attached hydrogen (secondary N) is 2. The predicted molar refractivity (Wildman–Crippen MR) is 47.6 cm³/mol. The molecule has 0 aromatic carbocycles. The highest BCUT2D eigenvalue weighted by Crippen LogP contribution is 2.10. The number of aliphatic hydroxyl groups excluding tert-OH is 1. The average Bonchev–Trinajstić information content (AvgIpc) is 2.44. The minimum absolute atomic E-state index is 0.0229. The first kappa shape index (κ1) is 10.8. The molecule has 0 saturated carbocycles. The Morgan fingerprint density at radius 3 is 3.00 bits per heavy atom. The van der Waals surface area contributed by atoms with Crippen molar-refractivity contribution < 1.29 is 19.4 Å². The molecule has 0 bridgehead atoms. The van der Waals surface area contributed by atoms with Crippen LogP contribution in [0.2, 0.25) is 0 Å². The predicted octanol–water partition coefficient (Wildman–Crippen LogP) is -1.02. The van der Waals surface area contributed by atoms with Crippen LogP contribution < -0.4 is 10.6 Å². The standard InChI is InChI=1S/C8H14N2O4/c1-5(12)9-4-7-6(2-3-11)10-8(13)14-7/h6-7,11H,2-4H2,1H3,(H,9,12)(H,10,13)/t6-,7-/m1/s1. The Bertz CT molecular complexity index is 231. The first-order chi connectivity index (χ1) is 6.63. The summed E-state index contributed by atoms with van der Waals surface area (Å²) in [5, 5.41) is 13.8. The topological polar surface area (TPSA) is 87.7 Å². The molecule has 0 radical (unpaired) electrons. The third kappa shape index (κ3) is 2.88. The van der Waals surface area contributed by atoms with Gasteiger partial charge in [-0.1, -0.05) is 0 Å². The fraction of sp³-hybridized carbons (Fsp3) is 0.750. The summed E-state index contributed by atoms with van der Waals surface area (Å²) in [6.07, 6.45) is -0.465. The molecule has 2 atom stereocenters. The molecule has 1 aliphatic heterocycles. The van der Waals surface area contributed by atoms with Gasteiger partial charge in [0, 0.05) is 13.5 Å². The Balaban J connectivity index is 2.40. The fourth-order valence-electron chi connectivity index (χ4n) is 1.32. The zero-order chi connectivity index (χ0) is 10.6. The molecule has 1 aliphatic rings. The largest absolute Gasteiger partial charge is 0.442 e. The zero-order valence-electron chi connectivity index (χ0n) is 7.95. The molecule has 1 fully saturated rings. The minimum atomic E-state index is -0.501. The molecule has 0 unspecified atom stereocenters. The normalized spacial score (nSPS) is 25.4. The van der Waals surface area contributed by atoms with Gasteiger partial charge in [0.2, 0.25) is 5.91 Å². The molecule has 2 amide bonds. The van der Waals surface area contributed by atoms with Crippen molar-refractivity contribution >= 4 is 12.0 Å². The van der Waals surface area contributed by atoms with E-state index in [1.165, 1.54) is 6.92 Å². The molecule has 0 spiro atoms. The number of cyclic esters (lactones) is 1. The Kier molecular flexibility index (Phi) is 3.70. The number of amides is 2. The SMILES string of the molecule is CC(=O)NC[C@H]1OC(=O)N[C@@H]1CCO. The summed E-state index contributed by atoms with van der Waals surface area (Å²) in [4.78, 5) is 21.5. The summed E-state index contributed by atoms with van der Waals surface area (Å²) in [7, 11) is 0. The average molecular weight is 202 g/mol. The van der Waals surface area contributed by atoms with E-state index in [9.17, 15) is 9.59 Å².